The Morgan fingerprint density at radius 3 is 2.56 bits per heavy atom. The van der Waals surface area contributed by atoms with Crippen molar-refractivity contribution in [1.29, 1.82) is 0 Å². The Morgan fingerprint density at radius 1 is 1.18 bits per heavy atom. The summed E-state index contributed by atoms with van der Waals surface area (Å²) in [5.41, 5.74) is 4.70. The molecular formula is C25H30N6O3. The maximum absolute atomic E-state index is 11.6. The molecule has 2 atom stereocenters. The summed E-state index contributed by atoms with van der Waals surface area (Å²) in [5, 5.41) is 7.36. The second-order valence-electron chi connectivity index (χ2n) is 9.18. The van der Waals surface area contributed by atoms with E-state index >= 15 is 0 Å². The van der Waals surface area contributed by atoms with E-state index in [0.717, 1.165) is 54.2 Å². The second kappa shape index (κ2) is 8.96. The van der Waals surface area contributed by atoms with E-state index in [2.05, 4.69) is 39.6 Å². The highest BCUT2D eigenvalue weighted by molar-refractivity contribution is 5.78. The van der Waals surface area contributed by atoms with Crippen molar-refractivity contribution in [3.63, 3.8) is 0 Å². The third-order valence-electron chi connectivity index (χ3n) is 6.87. The van der Waals surface area contributed by atoms with E-state index in [-0.39, 0.29) is 23.8 Å². The molecule has 2 aromatic heterocycles. The Hall–Kier alpha value is -3.62. The van der Waals surface area contributed by atoms with Crippen LogP contribution < -0.4 is 15.0 Å². The Morgan fingerprint density at radius 2 is 1.91 bits per heavy atom. The number of aryl methyl sites for hydroxylation is 1. The van der Waals surface area contributed by atoms with Gasteiger partial charge in [-0.25, -0.2) is 9.50 Å². The normalized spacial score (nSPS) is 19.4. The third-order valence-corrected chi connectivity index (χ3v) is 6.87. The zero-order valence-corrected chi connectivity index (χ0v) is 19.8. The molecule has 0 aliphatic carbocycles. The van der Waals surface area contributed by atoms with Crippen LogP contribution in [-0.4, -0.2) is 70.1 Å². The molecule has 1 N–H and O–H groups in total. The number of benzene rings is 1. The van der Waals surface area contributed by atoms with E-state index in [1.807, 2.05) is 35.7 Å². The standard InChI is InChI=1S/C25H30N6O3/c1-16-13-27-31-15-22(28-25(24(16)31)34-17(2)20-12-23(33)26-14-20)19-4-6-21(7-5-19)30-10-8-29(9-11-30)18(3)32/h4-7,13,15,17,20H,8-12,14H2,1-3H3,(H,26,33)/t17-,20?/m1/s1. The average Bonchev–Trinajstić information content (AvgIpc) is 3.45. The summed E-state index contributed by atoms with van der Waals surface area (Å²) >= 11 is 0. The molecule has 2 fully saturated rings. The molecule has 4 heterocycles. The molecule has 34 heavy (non-hydrogen) atoms. The van der Waals surface area contributed by atoms with Gasteiger partial charge in [0.25, 0.3) is 0 Å². The number of hydrogen-bond acceptors (Lipinski definition) is 6. The van der Waals surface area contributed by atoms with E-state index in [0.29, 0.717) is 18.8 Å². The molecule has 0 radical (unpaired) electrons. The lowest BCUT2D eigenvalue weighted by Gasteiger charge is -2.35. The van der Waals surface area contributed by atoms with Gasteiger partial charge in [0.15, 0.2) is 0 Å². The SMILES string of the molecule is CC(=O)N1CCN(c2ccc(-c3cn4ncc(C)c4c(O[C@H](C)C4CNC(=O)C4)n3)cc2)CC1. The van der Waals surface area contributed by atoms with Crippen LogP contribution in [0.4, 0.5) is 5.69 Å². The van der Waals surface area contributed by atoms with Crippen molar-refractivity contribution < 1.29 is 14.3 Å². The fourth-order valence-electron chi connectivity index (χ4n) is 4.70. The average molecular weight is 463 g/mol. The largest absolute Gasteiger partial charge is 0.473 e. The summed E-state index contributed by atoms with van der Waals surface area (Å²) in [5.74, 6) is 0.844. The van der Waals surface area contributed by atoms with Crippen LogP contribution in [0.1, 0.15) is 25.8 Å². The molecule has 2 aliphatic rings. The highest BCUT2D eigenvalue weighted by atomic mass is 16.5. The molecule has 1 unspecified atom stereocenters. The molecule has 0 bridgehead atoms. The zero-order valence-electron chi connectivity index (χ0n) is 19.8. The lowest BCUT2D eigenvalue weighted by Crippen LogP contribution is -2.48. The minimum Gasteiger partial charge on any atom is -0.473 e. The van der Waals surface area contributed by atoms with Crippen molar-refractivity contribution in [1.82, 2.24) is 24.8 Å². The highest BCUT2D eigenvalue weighted by Crippen LogP contribution is 2.30. The fraction of sp³-hybridized carbons (Fsp3) is 0.440. The first-order valence-electron chi connectivity index (χ1n) is 11.8. The second-order valence-corrected chi connectivity index (χ2v) is 9.18. The van der Waals surface area contributed by atoms with Crippen LogP contribution in [-0.2, 0) is 9.59 Å². The summed E-state index contributed by atoms with van der Waals surface area (Å²) in [6.07, 6.45) is 4.04. The van der Waals surface area contributed by atoms with Gasteiger partial charge in [-0.3, -0.25) is 9.59 Å². The summed E-state index contributed by atoms with van der Waals surface area (Å²) in [6, 6.07) is 8.31. The van der Waals surface area contributed by atoms with Crippen molar-refractivity contribution in [3.05, 3.63) is 42.2 Å². The van der Waals surface area contributed by atoms with E-state index in [4.69, 9.17) is 9.72 Å². The maximum Gasteiger partial charge on any atom is 0.241 e. The number of aromatic nitrogens is 3. The number of ether oxygens (including phenoxy) is 1. The zero-order chi connectivity index (χ0) is 23.8. The van der Waals surface area contributed by atoms with Gasteiger partial charge in [-0.05, 0) is 26.0 Å². The van der Waals surface area contributed by atoms with Gasteiger partial charge in [-0.1, -0.05) is 12.1 Å². The molecule has 0 spiro atoms. The van der Waals surface area contributed by atoms with Crippen molar-refractivity contribution >= 4 is 23.0 Å². The molecule has 9 heteroatoms. The molecule has 3 aromatic rings. The van der Waals surface area contributed by atoms with Crippen LogP contribution in [0.25, 0.3) is 16.8 Å². The fourth-order valence-corrected chi connectivity index (χ4v) is 4.70. The van der Waals surface area contributed by atoms with Gasteiger partial charge in [-0.15, -0.1) is 0 Å². The van der Waals surface area contributed by atoms with Gasteiger partial charge in [0.1, 0.15) is 11.6 Å². The summed E-state index contributed by atoms with van der Waals surface area (Å²) in [4.78, 5) is 32.3. The van der Waals surface area contributed by atoms with Crippen molar-refractivity contribution in [3.8, 4) is 17.1 Å². The Bertz CT molecular complexity index is 1210. The van der Waals surface area contributed by atoms with E-state index in [1.54, 1.807) is 6.92 Å². The number of carbonyl (C=O) groups excluding carboxylic acids is 2. The lowest BCUT2D eigenvalue weighted by molar-refractivity contribution is -0.129. The number of anilines is 1. The van der Waals surface area contributed by atoms with Crippen LogP contribution in [0.15, 0.2) is 36.7 Å². The molecule has 2 amide bonds. The minimum absolute atomic E-state index is 0.0654. The van der Waals surface area contributed by atoms with Crippen LogP contribution in [0.3, 0.4) is 0 Å². The van der Waals surface area contributed by atoms with Gasteiger partial charge in [0.05, 0.1) is 18.1 Å². The first-order valence-corrected chi connectivity index (χ1v) is 11.8. The smallest absolute Gasteiger partial charge is 0.241 e. The molecule has 9 nitrogen and oxygen atoms in total. The van der Waals surface area contributed by atoms with Gasteiger partial charge in [-0.2, -0.15) is 5.10 Å². The maximum atomic E-state index is 11.6. The molecule has 1 aromatic carbocycles. The monoisotopic (exact) mass is 462 g/mol. The minimum atomic E-state index is -0.157. The van der Waals surface area contributed by atoms with Gasteiger partial charge in [0.2, 0.25) is 17.7 Å². The van der Waals surface area contributed by atoms with Gasteiger partial charge in [0, 0.05) is 68.8 Å². The predicted molar refractivity (Wildman–Crippen MR) is 129 cm³/mol. The van der Waals surface area contributed by atoms with E-state index in [1.165, 1.54) is 0 Å². The van der Waals surface area contributed by atoms with Crippen molar-refractivity contribution in [2.24, 2.45) is 5.92 Å². The van der Waals surface area contributed by atoms with Crippen LogP contribution in [0, 0.1) is 12.8 Å². The quantitative estimate of drug-likeness (QED) is 0.626. The number of nitrogens with one attached hydrogen (secondary N) is 1. The number of rotatable bonds is 5. The number of amides is 2. The number of hydrogen-bond donors (Lipinski definition) is 1. The van der Waals surface area contributed by atoms with Crippen LogP contribution >= 0.6 is 0 Å². The lowest BCUT2D eigenvalue weighted by atomic mass is 10.0. The Labute approximate surface area is 198 Å². The predicted octanol–water partition coefficient (Wildman–Crippen LogP) is 2.28. The molecular weight excluding hydrogens is 432 g/mol. The molecule has 2 saturated heterocycles. The van der Waals surface area contributed by atoms with Crippen LogP contribution in [0.5, 0.6) is 5.88 Å². The number of nitrogens with zero attached hydrogens (tertiary/aromatic N) is 5. The van der Waals surface area contributed by atoms with Crippen LogP contribution in [0.2, 0.25) is 0 Å². The first kappa shape index (κ1) is 22.2. The van der Waals surface area contributed by atoms with E-state index < -0.39 is 0 Å². The molecule has 2 aliphatic heterocycles. The number of fused-ring (bicyclic) bond motifs is 1. The summed E-state index contributed by atoms with van der Waals surface area (Å²) < 4.78 is 8.12. The van der Waals surface area contributed by atoms with Gasteiger partial charge < -0.3 is 19.9 Å². The topological polar surface area (TPSA) is 92.1 Å². The number of piperazine rings is 1. The third kappa shape index (κ3) is 4.30. The first-order chi connectivity index (χ1) is 16.4. The molecule has 5 rings (SSSR count). The van der Waals surface area contributed by atoms with Crippen molar-refractivity contribution in [2.75, 3.05) is 37.6 Å². The number of carbonyl (C=O) groups is 2. The Kier molecular flexibility index (Phi) is 5.85. The van der Waals surface area contributed by atoms with Crippen molar-refractivity contribution in [2.45, 2.75) is 33.3 Å². The highest BCUT2D eigenvalue weighted by Gasteiger charge is 2.29. The summed E-state index contributed by atoms with van der Waals surface area (Å²) in [6.45, 7) is 9.36. The van der Waals surface area contributed by atoms with Gasteiger partial charge >= 0.3 is 0 Å². The summed E-state index contributed by atoms with van der Waals surface area (Å²) in [7, 11) is 0. The Balaban J connectivity index is 1.38. The van der Waals surface area contributed by atoms with E-state index in [9.17, 15) is 9.59 Å². The molecule has 0 saturated carbocycles. The molecule has 178 valence electrons.